The summed E-state index contributed by atoms with van der Waals surface area (Å²) in [4.78, 5) is 26.0. The van der Waals surface area contributed by atoms with Crippen molar-refractivity contribution in [1.82, 2.24) is 4.57 Å². The predicted molar refractivity (Wildman–Crippen MR) is 115 cm³/mol. The lowest BCUT2D eigenvalue weighted by molar-refractivity contribution is 0.102. The molecule has 0 aliphatic rings. The Hall–Kier alpha value is -3.28. The van der Waals surface area contributed by atoms with Gasteiger partial charge in [0.1, 0.15) is 17.1 Å². The second kappa shape index (κ2) is 8.82. The maximum Gasteiger partial charge on any atom is 0.267 e. The number of aryl methyl sites for hydroxylation is 1. The van der Waals surface area contributed by atoms with Crippen LogP contribution in [0.4, 0.5) is 5.69 Å². The first kappa shape index (κ1) is 20.5. The molecule has 0 saturated carbocycles. The highest BCUT2D eigenvalue weighted by molar-refractivity contribution is 6.09. The van der Waals surface area contributed by atoms with E-state index < -0.39 is 11.5 Å². The van der Waals surface area contributed by atoms with E-state index in [9.17, 15) is 14.7 Å². The van der Waals surface area contributed by atoms with Crippen LogP contribution in [-0.4, -0.2) is 22.2 Å². The molecular formula is C23H26N2O4. The largest absolute Gasteiger partial charge is 0.506 e. The van der Waals surface area contributed by atoms with Crippen LogP contribution in [0.1, 0.15) is 37.6 Å². The second-order valence-electron chi connectivity index (χ2n) is 7.29. The lowest BCUT2D eigenvalue weighted by Gasteiger charge is -2.16. The lowest BCUT2D eigenvalue weighted by atomic mass is 10.1. The van der Waals surface area contributed by atoms with Crippen molar-refractivity contribution in [1.29, 1.82) is 0 Å². The van der Waals surface area contributed by atoms with Crippen molar-refractivity contribution in [2.75, 3.05) is 11.9 Å². The van der Waals surface area contributed by atoms with Gasteiger partial charge in [0.2, 0.25) is 0 Å². The highest BCUT2D eigenvalue weighted by Crippen LogP contribution is 2.27. The topological polar surface area (TPSA) is 80.6 Å². The van der Waals surface area contributed by atoms with E-state index in [0.717, 1.165) is 6.42 Å². The van der Waals surface area contributed by atoms with Crippen LogP contribution in [-0.2, 0) is 6.54 Å². The highest BCUT2D eigenvalue weighted by Gasteiger charge is 2.22. The molecule has 0 atom stereocenters. The Morgan fingerprint density at radius 2 is 1.83 bits per heavy atom. The van der Waals surface area contributed by atoms with E-state index in [1.54, 1.807) is 47.0 Å². The van der Waals surface area contributed by atoms with E-state index in [1.165, 1.54) is 0 Å². The maximum absolute atomic E-state index is 13.1. The molecule has 3 aromatic rings. The van der Waals surface area contributed by atoms with Gasteiger partial charge in [-0.2, -0.15) is 0 Å². The number of carbonyl (C=O) groups is 1. The summed E-state index contributed by atoms with van der Waals surface area (Å²) in [6, 6.07) is 13.9. The molecule has 0 radical (unpaired) electrons. The third-order valence-corrected chi connectivity index (χ3v) is 4.73. The average molecular weight is 394 g/mol. The zero-order valence-corrected chi connectivity index (χ0v) is 16.9. The summed E-state index contributed by atoms with van der Waals surface area (Å²) >= 11 is 0. The molecule has 1 amide bonds. The Morgan fingerprint density at radius 1 is 1.14 bits per heavy atom. The summed E-state index contributed by atoms with van der Waals surface area (Å²) in [5, 5.41) is 13.9. The fraction of sp³-hybridized carbons (Fsp3) is 0.304. The normalized spacial score (nSPS) is 11.0. The number of carbonyl (C=O) groups excluding carboxylic acids is 1. The summed E-state index contributed by atoms with van der Waals surface area (Å²) in [7, 11) is 0. The molecule has 0 saturated heterocycles. The SMILES string of the molecule is CCOc1ccc(NC(=O)c2c(O)c3ccccc3n(CCC(C)C)c2=O)cc1. The number of anilines is 1. The van der Waals surface area contributed by atoms with E-state index in [0.29, 0.717) is 41.4 Å². The van der Waals surface area contributed by atoms with Crippen LogP contribution in [0, 0.1) is 5.92 Å². The quantitative estimate of drug-likeness (QED) is 0.622. The van der Waals surface area contributed by atoms with Gasteiger partial charge in [0.15, 0.2) is 0 Å². The second-order valence-corrected chi connectivity index (χ2v) is 7.29. The number of ether oxygens (including phenoxy) is 1. The van der Waals surface area contributed by atoms with Gasteiger partial charge in [0.05, 0.1) is 12.1 Å². The van der Waals surface area contributed by atoms with E-state index in [-0.39, 0.29) is 11.3 Å². The molecule has 1 aromatic heterocycles. The number of amides is 1. The molecule has 0 fully saturated rings. The number of fused-ring (bicyclic) bond motifs is 1. The number of hydrogen-bond donors (Lipinski definition) is 2. The van der Waals surface area contributed by atoms with Crippen molar-refractivity contribution < 1.29 is 14.6 Å². The first-order valence-electron chi connectivity index (χ1n) is 9.81. The molecule has 3 rings (SSSR count). The molecule has 0 aliphatic heterocycles. The van der Waals surface area contributed by atoms with Gasteiger partial charge in [0, 0.05) is 17.6 Å². The van der Waals surface area contributed by atoms with Gasteiger partial charge in [0.25, 0.3) is 11.5 Å². The summed E-state index contributed by atoms with van der Waals surface area (Å²) in [5.41, 5.74) is 0.388. The third-order valence-electron chi connectivity index (χ3n) is 4.73. The third kappa shape index (κ3) is 4.42. The lowest BCUT2D eigenvalue weighted by Crippen LogP contribution is -2.30. The van der Waals surface area contributed by atoms with Crippen molar-refractivity contribution >= 4 is 22.5 Å². The van der Waals surface area contributed by atoms with E-state index in [2.05, 4.69) is 19.2 Å². The summed E-state index contributed by atoms with van der Waals surface area (Å²) in [5.74, 6) is 0.154. The standard InChI is InChI=1S/C23H26N2O4/c1-4-29-17-11-9-16(10-12-17)24-22(27)20-21(26)18-7-5-6-8-19(18)25(23(20)28)14-13-15(2)3/h5-12,15,26H,4,13-14H2,1-3H3,(H,24,27). The Kier molecular flexibility index (Phi) is 6.22. The van der Waals surface area contributed by atoms with Gasteiger partial charge in [-0.3, -0.25) is 9.59 Å². The molecule has 0 aliphatic carbocycles. The fourth-order valence-corrected chi connectivity index (χ4v) is 3.20. The molecule has 0 unspecified atom stereocenters. The van der Waals surface area contributed by atoms with Crippen molar-refractivity contribution in [3.8, 4) is 11.5 Å². The number of pyridine rings is 1. The Labute approximate surface area is 169 Å². The Morgan fingerprint density at radius 3 is 2.48 bits per heavy atom. The van der Waals surface area contributed by atoms with Crippen molar-refractivity contribution in [2.45, 2.75) is 33.7 Å². The molecule has 0 bridgehead atoms. The smallest absolute Gasteiger partial charge is 0.267 e. The monoisotopic (exact) mass is 394 g/mol. The molecule has 0 spiro atoms. The van der Waals surface area contributed by atoms with Gasteiger partial charge >= 0.3 is 0 Å². The number of nitrogens with zero attached hydrogens (tertiary/aromatic N) is 1. The molecule has 2 N–H and O–H groups in total. The predicted octanol–water partition coefficient (Wildman–Crippen LogP) is 4.40. The minimum Gasteiger partial charge on any atom is -0.506 e. The molecule has 152 valence electrons. The van der Waals surface area contributed by atoms with Crippen LogP contribution >= 0.6 is 0 Å². The summed E-state index contributed by atoms with van der Waals surface area (Å²) in [6.45, 7) is 7.07. The zero-order valence-electron chi connectivity index (χ0n) is 16.9. The van der Waals surface area contributed by atoms with Gasteiger partial charge in [-0.25, -0.2) is 0 Å². The molecule has 6 heteroatoms. The van der Waals surface area contributed by atoms with Gasteiger partial charge in [-0.05, 0) is 55.7 Å². The molecule has 1 heterocycles. The Bertz CT molecular complexity index is 1070. The van der Waals surface area contributed by atoms with Crippen LogP contribution in [0.3, 0.4) is 0 Å². The molecule has 29 heavy (non-hydrogen) atoms. The molecular weight excluding hydrogens is 368 g/mol. The van der Waals surface area contributed by atoms with E-state index in [4.69, 9.17) is 4.74 Å². The first-order valence-corrected chi connectivity index (χ1v) is 9.81. The highest BCUT2D eigenvalue weighted by atomic mass is 16.5. The minimum atomic E-state index is -0.638. The number of benzene rings is 2. The average Bonchev–Trinajstić information content (AvgIpc) is 2.69. The van der Waals surface area contributed by atoms with Gasteiger partial charge in [-0.15, -0.1) is 0 Å². The summed E-state index contributed by atoms with van der Waals surface area (Å²) in [6.07, 6.45) is 0.786. The van der Waals surface area contributed by atoms with Crippen molar-refractivity contribution in [2.24, 2.45) is 5.92 Å². The number of hydrogen-bond acceptors (Lipinski definition) is 4. The van der Waals surface area contributed by atoms with Crippen LogP contribution < -0.4 is 15.6 Å². The maximum atomic E-state index is 13.1. The van der Waals surface area contributed by atoms with Crippen LogP contribution in [0.2, 0.25) is 0 Å². The number of aromatic hydroxyl groups is 1. The van der Waals surface area contributed by atoms with E-state index in [1.807, 2.05) is 13.0 Å². The Balaban J connectivity index is 2.01. The number of aromatic nitrogens is 1. The van der Waals surface area contributed by atoms with Gasteiger partial charge < -0.3 is 19.7 Å². The van der Waals surface area contributed by atoms with Crippen LogP contribution in [0.5, 0.6) is 11.5 Å². The number of para-hydroxylation sites is 1. The molecule has 6 nitrogen and oxygen atoms in total. The van der Waals surface area contributed by atoms with Crippen molar-refractivity contribution in [3.63, 3.8) is 0 Å². The van der Waals surface area contributed by atoms with Crippen LogP contribution in [0.15, 0.2) is 53.3 Å². The first-order chi connectivity index (χ1) is 13.9. The number of rotatable bonds is 7. The number of nitrogens with one attached hydrogen (secondary N) is 1. The van der Waals surface area contributed by atoms with Crippen LogP contribution in [0.25, 0.3) is 10.9 Å². The van der Waals surface area contributed by atoms with Gasteiger partial charge in [-0.1, -0.05) is 26.0 Å². The fourth-order valence-electron chi connectivity index (χ4n) is 3.20. The minimum absolute atomic E-state index is 0.249. The van der Waals surface area contributed by atoms with Crippen molar-refractivity contribution in [3.05, 3.63) is 64.4 Å². The summed E-state index contributed by atoms with van der Waals surface area (Å²) < 4.78 is 6.96. The van der Waals surface area contributed by atoms with E-state index >= 15 is 0 Å². The molecule has 2 aromatic carbocycles. The zero-order chi connectivity index (χ0) is 21.0.